The molecule has 6 aromatic rings. The molecule has 40 heavy (non-hydrogen) atoms. The third-order valence-corrected chi connectivity index (χ3v) is 6.86. The molecule has 0 nitrogen and oxygen atoms in total. The Morgan fingerprint density at radius 2 is 0.800 bits per heavy atom. The van der Waals surface area contributed by atoms with Gasteiger partial charge in [-0.25, -0.2) is 0 Å². The molecule has 0 spiro atoms. The molecule has 0 fully saturated rings. The molecule has 0 aliphatic rings. The van der Waals surface area contributed by atoms with Crippen molar-refractivity contribution in [1.29, 1.82) is 0 Å². The van der Waals surface area contributed by atoms with Crippen molar-refractivity contribution in [3.63, 3.8) is 0 Å². The van der Waals surface area contributed by atoms with Gasteiger partial charge in [-0.3, -0.25) is 0 Å². The van der Waals surface area contributed by atoms with Crippen molar-refractivity contribution in [1.82, 2.24) is 0 Å². The van der Waals surface area contributed by atoms with Gasteiger partial charge in [0, 0.05) is 9.52 Å². The Labute approximate surface area is 263 Å². The minimum atomic E-state index is 0. The molecule has 0 aromatic heterocycles. The van der Waals surface area contributed by atoms with Gasteiger partial charge in [0.25, 0.3) is 0 Å². The van der Waals surface area contributed by atoms with E-state index in [2.05, 4.69) is 152 Å². The van der Waals surface area contributed by atoms with Gasteiger partial charge in [-0.15, -0.1) is 69.1 Å². The quantitative estimate of drug-likeness (QED) is 0.134. The fourth-order valence-electron chi connectivity index (χ4n) is 5.53. The first-order chi connectivity index (χ1) is 18.7. The summed E-state index contributed by atoms with van der Waals surface area (Å²) >= 11 is 0. The van der Waals surface area contributed by atoms with E-state index < -0.39 is 0 Å². The zero-order chi connectivity index (χ0) is 28.1. The normalized spacial score (nSPS) is 10.4. The fraction of sp³-hybridized carbons (Fsp3) is 0.211. The first-order valence-electron chi connectivity index (χ1n) is 13.8. The van der Waals surface area contributed by atoms with Crippen molar-refractivity contribution in [3.05, 3.63) is 130 Å². The summed E-state index contributed by atoms with van der Waals surface area (Å²) in [4.78, 5) is 0. The Kier molecular flexibility index (Phi) is 11.3. The van der Waals surface area contributed by atoms with Crippen LogP contribution < -0.4 is 0 Å². The molecule has 2 heteroatoms. The maximum atomic E-state index is 2.28. The average Bonchev–Trinajstić information content (AvgIpc) is 3.44. The summed E-state index contributed by atoms with van der Waals surface area (Å²) in [5.41, 5.74) is 13.3. The van der Waals surface area contributed by atoms with E-state index in [1.54, 1.807) is 0 Å². The van der Waals surface area contributed by atoms with Crippen LogP contribution in [0.4, 0.5) is 0 Å². The minimum Gasteiger partial charge on any atom is -0.165 e. The maximum Gasteiger partial charge on any atom is 2.00 e. The van der Waals surface area contributed by atoms with Crippen LogP contribution in [0.1, 0.15) is 33.4 Å². The fourth-order valence-corrected chi connectivity index (χ4v) is 5.53. The number of fused-ring (bicyclic) bond motifs is 2. The first-order valence-corrected chi connectivity index (χ1v) is 15.8. The molecule has 0 N–H and O–H groups in total. The SMILES string of the molecule is C[Si]C.Cc1cc(C)cc(-c2cccc3[cH-]c(C)cc23)c1.Cc1cc(C)cc(-c2cccc3[cH-]c(C)cc23)c1.[Zr+2]. The standard InChI is InChI=1S/2C18H17.C2H6Si.Zr/c2*1-12-7-13(2)10-16(9-12)17-6-4-5-15-8-14(3)11-18(15)17;1-3-2;/h2*4-11H,1-3H3;1-2H3;/q2*-1;;+2. The van der Waals surface area contributed by atoms with Crippen LogP contribution in [0.3, 0.4) is 0 Å². The molecule has 200 valence electrons. The van der Waals surface area contributed by atoms with Gasteiger partial charge in [-0.2, -0.15) is 12.1 Å². The number of aryl methyl sites for hydroxylation is 6. The Balaban J connectivity index is 0.000000197. The third-order valence-electron chi connectivity index (χ3n) is 6.86. The van der Waals surface area contributed by atoms with Gasteiger partial charge in [0.15, 0.2) is 0 Å². The van der Waals surface area contributed by atoms with E-state index >= 15 is 0 Å². The van der Waals surface area contributed by atoms with Crippen molar-refractivity contribution < 1.29 is 26.2 Å². The summed E-state index contributed by atoms with van der Waals surface area (Å²) in [7, 11) is 1.08. The van der Waals surface area contributed by atoms with E-state index in [9.17, 15) is 0 Å². The van der Waals surface area contributed by atoms with Crippen LogP contribution in [-0.4, -0.2) is 9.52 Å². The number of hydrogen-bond acceptors (Lipinski definition) is 0. The van der Waals surface area contributed by atoms with E-state index in [4.69, 9.17) is 0 Å². The van der Waals surface area contributed by atoms with Crippen molar-refractivity contribution in [2.75, 3.05) is 0 Å². The predicted octanol–water partition coefficient (Wildman–Crippen LogP) is 11.1. The Hall–Kier alpha value is -2.80. The molecule has 6 rings (SSSR count). The van der Waals surface area contributed by atoms with E-state index in [0.29, 0.717) is 0 Å². The van der Waals surface area contributed by atoms with Gasteiger partial charge in [-0.05, 0) is 38.8 Å². The Morgan fingerprint density at radius 1 is 0.475 bits per heavy atom. The molecule has 0 saturated carbocycles. The summed E-state index contributed by atoms with van der Waals surface area (Å²) in [5.74, 6) is 0. The van der Waals surface area contributed by atoms with Gasteiger partial charge < -0.3 is 0 Å². The van der Waals surface area contributed by atoms with Crippen molar-refractivity contribution >= 4 is 31.1 Å². The molecular formula is C38H40SiZr. The van der Waals surface area contributed by atoms with Crippen LogP contribution in [0.15, 0.2) is 97.1 Å². The van der Waals surface area contributed by atoms with Crippen LogP contribution in [0.25, 0.3) is 43.8 Å². The van der Waals surface area contributed by atoms with Crippen LogP contribution in [0.5, 0.6) is 0 Å². The smallest absolute Gasteiger partial charge is 0.165 e. The van der Waals surface area contributed by atoms with Crippen molar-refractivity contribution in [3.8, 4) is 22.3 Å². The summed E-state index contributed by atoms with van der Waals surface area (Å²) in [6.45, 7) is 17.3. The molecule has 0 bridgehead atoms. The van der Waals surface area contributed by atoms with Gasteiger partial charge in [0.1, 0.15) is 0 Å². The Bertz CT molecular complexity index is 1550. The Morgan fingerprint density at radius 3 is 1.12 bits per heavy atom. The third kappa shape index (κ3) is 7.68. The van der Waals surface area contributed by atoms with Gasteiger partial charge in [0.2, 0.25) is 0 Å². The second-order valence-electron chi connectivity index (χ2n) is 10.9. The predicted molar refractivity (Wildman–Crippen MR) is 176 cm³/mol. The molecular weight excluding hydrogens is 576 g/mol. The van der Waals surface area contributed by atoms with Gasteiger partial charge >= 0.3 is 26.2 Å². The van der Waals surface area contributed by atoms with Crippen LogP contribution in [0, 0.1) is 41.5 Å². The second-order valence-corrected chi connectivity index (χ2v) is 11.9. The molecule has 0 atom stereocenters. The molecule has 0 unspecified atom stereocenters. The van der Waals surface area contributed by atoms with E-state index in [1.165, 1.54) is 77.2 Å². The average molecular weight is 616 g/mol. The summed E-state index contributed by atoms with van der Waals surface area (Å²) in [5, 5.41) is 5.40. The van der Waals surface area contributed by atoms with Crippen LogP contribution in [-0.2, 0) is 26.2 Å². The van der Waals surface area contributed by atoms with Crippen molar-refractivity contribution in [2.24, 2.45) is 0 Å². The number of rotatable bonds is 2. The number of benzene rings is 4. The molecule has 0 aliphatic heterocycles. The van der Waals surface area contributed by atoms with E-state index in [0.717, 1.165) is 9.52 Å². The molecule has 0 amide bonds. The zero-order valence-corrected chi connectivity index (χ0v) is 28.7. The van der Waals surface area contributed by atoms with Crippen molar-refractivity contribution in [2.45, 2.75) is 54.6 Å². The molecule has 6 aromatic carbocycles. The minimum absolute atomic E-state index is 0. The summed E-state index contributed by atoms with van der Waals surface area (Å²) in [6.07, 6.45) is 0. The largest absolute Gasteiger partial charge is 2.00 e. The molecule has 0 saturated heterocycles. The van der Waals surface area contributed by atoms with E-state index in [-0.39, 0.29) is 26.2 Å². The first kappa shape index (κ1) is 31.7. The number of hydrogen-bond donors (Lipinski definition) is 0. The van der Waals surface area contributed by atoms with Gasteiger partial charge in [0.05, 0.1) is 0 Å². The summed E-state index contributed by atoms with van der Waals surface area (Å²) in [6, 6.07) is 35.7. The molecule has 0 heterocycles. The molecule has 0 aliphatic carbocycles. The van der Waals surface area contributed by atoms with Gasteiger partial charge in [-0.1, -0.05) is 109 Å². The second kappa shape index (κ2) is 14.2. The monoisotopic (exact) mass is 614 g/mol. The van der Waals surface area contributed by atoms with Crippen LogP contribution >= 0.6 is 0 Å². The molecule has 2 radical (unpaired) electrons. The topological polar surface area (TPSA) is 0 Å². The maximum absolute atomic E-state index is 2.28. The van der Waals surface area contributed by atoms with Crippen LogP contribution in [0.2, 0.25) is 13.1 Å². The van der Waals surface area contributed by atoms with E-state index in [1.807, 2.05) is 0 Å². The zero-order valence-electron chi connectivity index (χ0n) is 25.2. The summed E-state index contributed by atoms with van der Waals surface area (Å²) < 4.78 is 0.